The summed E-state index contributed by atoms with van der Waals surface area (Å²) in [5.41, 5.74) is 1.19. The summed E-state index contributed by atoms with van der Waals surface area (Å²) in [6.07, 6.45) is 6.22. The fraction of sp³-hybridized carbons (Fsp3) is 0.650. The van der Waals surface area contributed by atoms with E-state index < -0.39 is 0 Å². The van der Waals surface area contributed by atoms with E-state index in [1.807, 2.05) is 19.0 Å². The Morgan fingerprint density at radius 1 is 1.25 bits per heavy atom. The van der Waals surface area contributed by atoms with Crippen LogP contribution in [-0.4, -0.2) is 72.7 Å². The quantitative estimate of drug-likeness (QED) is 0.635. The van der Waals surface area contributed by atoms with E-state index in [4.69, 9.17) is 4.74 Å². The van der Waals surface area contributed by atoms with Gasteiger partial charge in [0.25, 0.3) is 5.56 Å². The Bertz CT molecular complexity index is 874. The standard InChI is InChI=1S/C20H30N4O3S/c1-22(2)10-11-23(12-13-27-3)17(25)8-9-24-14-21-19-18(20(24)26)15-6-4-5-7-16(15)28-19/h14H,4-13H2,1-3H3. The largest absolute Gasteiger partial charge is 0.383 e. The van der Waals surface area contributed by atoms with Crippen molar-refractivity contribution >= 4 is 27.5 Å². The molecule has 0 aliphatic heterocycles. The fourth-order valence-corrected chi connectivity index (χ4v) is 4.82. The van der Waals surface area contributed by atoms with Crippen molar-refractivity contribution < 1.29 is 9.53 Å². The number of methoxy groups -OCH3 is 1. The van der Waals surface area contributed by atoms with E-state index in [9.17, 15) is 9.59 Å². The maximum Gasteiger partial charge on any atom is 0.262 e. The molecule has 2 aromatic heterocycles. The minimum absolute atomic E-state index is 0.00562. The average molecular weight is 407 g/mol. The van der Waals surface area contributed by atoms with Crippen molar-refractivity contribution in [3.8, 4) is 0 Å². The van der Waals surface area contributed by atoms with Crippen molar-refractivity contribution in [3.05, 3.63) is 27.1 Å². The second kappa shape index (κ2) is 9.62. The number of carbonyl (C=O) groups excluding carboxylic acids is 1. The molecule has 0 atom stereocenters. The van der Waals surface area contributed by atoms with E-state index in [1.165, 1.54) is 16.9 Å². The smallest absolute Gasteiger partial charge is 0.262 e. The molecule has 3 rings (SSSR count). The molecule has 0 bridgehead atoms. The first-order valence-corrected chi connectivity index (χ1v) is 10.7. The van der Waals surface area contributed by atoms with Crippen LogP contribution in [0.15, 0.2) is 11.1 Å². The van der Waals surface area contributed by atoms with Crippen LogP contribution < -0.4 is 5.56 Å². The molecule has 8 heteroatoms. The minimum atomic E-state index is -0.00562. The van der Waals surface area contributed by atoms with Gasteiger partial charge in [-0.05, 0) is 45.3 Å². The molecule has 0 unspecified atom stereocenters. The molecule has 0 radical (unpaired) electrons. The molecule has 0 spiro atoms. The van der Waals surface area contributed by atoms with Gasteiger partial charge in [0.1, 0.15) is 4.83 Å². The molecule has 0 fully saturated rings. The second-order valence-electron chi connectivity index (χ2n) is 7.56. The van der Waals surface area contributed by atoms with Gasteiger partial charge < -0.3 is 14.5 Å². The highest BCUT2D eigenvalue weighted by atomic mass is 32.1. The highest BCUT2D eigenvalue weighted by Gasteiger charge is 2.20. The van der Waals surface area contributed by atoms with Crippen molar-refractivity contribution in [1.82, 2.24) is 19.4 Å². The summed E-state index contributed by atoms with van der Waals surface area (Å²) in [7, 11) is 5.61. The van der Waals surface area contributed by atoms with Gasteiger partial charge in [-0.15, -0.1) is 11.3 Å². The lowest BCUT2D eigenvalue weighted by Crippen LogP contribution is -2.39. The summed E-state index contributed by atoms with van der Waals surface area (Å²) in [4.78, 5) is 36.2. The third-order valence-electron chi connectivity index (χ3n) is 5.24. The van der Waals surface area contributed by atoms with Gasteiger partial charge in [-0.3, -0.25) is 14.2 Å². The van der Waals surface area contributed by atoms with Crippen LogP contribution >= 0.6 is 11.3 Å². The third kappa shape index (κ3) is 4.79. The first-order chi connectivity index (χ1) is 13.5. The van der Waals surface area contributed by atoms with Gasteiger partial charge in [-0.25, -0.2) is 4.98 Å². The van der Waals surface area contributed by atoms with Crippen molar-refractivity contribution in [2.45, 2.75) is 38.6 Å². The Morgan fingerprint density at radius 3 is 2.79 bits per heavy atom. The lowest BCUT2D eigenvalue weighted by molar-refractivity contribution is -0.132. The molecule has 2 heterocycles. The number of hydrogen-bond acceptors (Lipinski definition) is 6. The lowest BCUT2D eigenvalue weighted by Gasteiger charge is -2.24. The molecule has 1 amide bonds. The molecule has 0 saturated carbocycles. The first-order valence-electron chi connectivity index (χ1n) is 9.92. The molecule has 0 aromatic carbocycles. The van der Waals surface area contributed by atoms with E-state index in [0.717, 1.165) is 36.0 Å². The van der Waals surface area contributed by atoms with Crippen LogP contribution in [-0.2, 0) is 28.9 Å². The van der Waals surface area contributed by atoms with Crippen LogP contribution in [0.3, 0.4) is 0 Å². The molecule has 154 valence electrons. The van der Waals surface area contributed by atoms with Gasteiger partial charge in [0, 0.05) is 44.6 Å². The summed E-state index contributed by atoms with van der Waals surface area (Å²) in [6, 6.07) is 0. The number of hydrogen-bond donors (Lipinski definition) is 0. The summed E-state index contributed by atoms with van der Waals surface area (Å²) < 4.78 is 6.73. The van der Waals surface area contributed by atoms with Crippen LogP contribution in [0.25, 0.3) is 10.2 Å². The van der Waals surface area contributed by atoms with Crippen LogP contribution in [0.5, 0.6) is 0 Å². The SMILES string of the molecule is COCCN(CCN(C)C)C(=O)CCn1cnc2sc3c(c2c1=O)CCCC3. The topological polar surface area (TPSA) is 67.7 Å². The number of aryl methyl sites for hydroxylation is 3. The van der Waals surface area contributed by atoms with Crippen molar-refractivity contribution in [2.75, 3.05) is 47.4 Å². The molecule has 0 saturated heterocycles. The van der Waals surface area contributed by atoms with Crippen LogP contribution in [0, 0.1) is 0 Å². The normalized spacial score (nSPS) is 13.9. The van der Waals surface area contributed by atoms with Crippen LogP contribution in [0.2, 0.25) is 0 Å². The number of thiophene rings is 1. The highest BCUT2D eigenvalue weighted by Crippen LogP contribution is 2.33. The second-order valence-corrected chi connectivity index (χ2v) is 8.64. The number of ether oxygens (including phenoxy) is 1. The van der Waals surface area contributed by atoms with Crippen LogP contribution in [0.1, 0.15) is 29.7 Å². The predicted octanol–water partition coefficient (Wildman–Crippen LogP) is 1.76. The molecule has 28 heavy (non-hydrogen) atoms. The Balaban J connectivity index is 1.72. The third-order valence-corrected chi connectivity index (χ3v) is 6.44. The van der Waals surface area contributed by atoms with Crippen molar-refractivity contribution in [1.29, 1.82) is 0 Å². The molecular weight excluding hydrogens is 376 g/mol. The maximum absolute atomic E-state index is 13.0. The van der Waals surface area contributed by atoms with Gasteiger partial charge in [-0.2, -0.15) is 0 Å². The fourth-order valence-electron chi connectivity index (χ4n) is 3.60. The van der Waals surface area contributed by atoms with Gasteiger partial charge >= 0.3 is 0 Å². The van der Waals surface area contributed by atoms with E-state index in [2.05, 4.69) is 9.88 Å². The zero-order chi connectivity index (χ0) is 20.1. The molecule has 0 N–H and O–H groups in total. The lowest BCUT2D eigenvalue weighted by atomic mass is 9.97. The van der Waals surface area contributed by atoms with Gasteiger partial charge in [0.15, 0.2) is 0 Å². The maximum atomic E-state index is 13.0. The molecule has 1 aliphatic rings. The average Bonchev–Trinajstić information content (AvgIpc) is 3.06. The van der Waals surface area contributed by atoms with Crippen molar-refractivity contribution in [3.63, 3.8) is 0 Å². The summed E-state index contributed by atoms with van der Waals surface area (Å²) >= 11 is 1.65. The number of rotatable bonds is 9. The number of carbonyl (C=O) groups is 1. The zero-order valence-corrected chi connectivity index (χ0v) is 17.9. The molecular formula is C20H30N4O3S. The van der Waals surface area contributed by atoms with Gasteiger partial charge in [0.05, 0.1) is 18.3 Å². The van der Waals surface area contributed by atoms with Crippen molar-refractivity contribution in [2.24, 2.45) is 0 Å². The number of fused-ring (bicyclic) bond motifs is 3. The Kier molecular flexibility index (Phi) is 7.20. The highest BCUT2D eigenvalue weighted by molar-refractivity contribution is 7.18. The van der Waals surface area contributed by atoms with E-state index >= 15 is 0 Å². The summed E-state index contributed by atoms with van der Waals surface area (Å²) in [5.74, 6) is 0.0400. The Hall–Kier alpha value is -1.77. The number of aromatic nitrogens is 2. The van der Waals surface area contributed by atoms with Gasteiger partial charge in [-0.1, -0.05) is 0 Å². The van der Waals surface area contributed by atoms with E-state index in [-0.39, 0.29) is 17.9 Å². The Labute approximate surface area is 169 Å². The molecule has 1 aliphatic carbocycles. The summed E-state index contributed by atoms with van der Waals surface area (Å²) in [6.45, 7) is 2.88. The molecule has 2 aromatic rings. The predicted molar refractivity (Wildman–Crippen MR) is 112 cm³/mol. The summed E-state index contributed by atoms with van der Waals surface area (Å²) in [5, 5.41) is 0.776. The zero-order valence-electron chi connectivity index (χ0n) is 17.1. The number of nitrogens with zero attached hydrogens (tertiary/aromatic N) is 4. The number of likely N-dealkylation sites (N-methyl/N-ethyl adjacent to an activating group) is 1. The number of amides is 1. The van der Waals surface area contributed by atoms with Crippen LogP contribution in [0.4, 0.5) is 0 Å². The van der Waals surface area contributed by atoms with E-state index in [1.54, 1.807) is 29.3 Å². The molecule has 7 nitrogen and oxygen atoms in total. The monoisotopic (exact) mass is 406 g/mol. The first kappa shape index (κ1) is 21.0. The minimum Gasteiger partial charge on any atom is -0.383 e. The Morgan fingerprint density at radius 2 is 2.04 bits per heavy atom. The van der Waals surface area contributed by atoms with E-state index in [0.29, 0.717) is 26.2 Å². The van der Waals surface area contributed by atoms with Gasteiger partial charge in [0.2, 0.25) is 5.91 Å².